The van der Waals surface area contributed by atoms with Gasteiger partial charge in [-0.25, -0.2) is 4.39 Å². The maximum Gasteiger partial charge on any atom is 0.137 e. The van der Waals surface area contributed by atoms with Gasteiger partial charge in [-0.15, -0.1) is 0 Å². The second-order valence-electron chi connectivity index (χ2n) is 3.91. The van der Waals surface area contributed by atoms with Crippen LogP contribution in [-0.4, -0.2) is 24.4 Å². The highest BCUT2D eigenvalue weighted by molar-refractivity contribution is 5.19. The lowest BCUT2D eigenvalue weighted by atomic mass is 10.1. The topological polar surface area (TPSA) is 41.5 Å². The summed E-state index contributed by atoms with van der Waals surface area (Å²) in [5.41, 5.74) is 0.533. The van der Waals surface area contributed by atoms with Crippen molar-refractivity contribution in [3.05, 3.63) is 35.6 Å². The van der Waals surface area contributed by atoms with Gasteiger partial charge in [0.1, 0.15) is 12.0 Å². The molecule has 0 aromatic heterocycles. The zero-order chi connectivity index (χ0) is 11.4. The second-order valence-corrected chi connectivity index (χ2v) is 3.91. The minimum atomic E-state index is -0.397. The smallest absolute Gasteiger partial charge is 0.137 e. The first-order valence-corrected chi connectivity index (χ1v) is 5.55. The molecule has 1 aliphatic heterocycles. The molecule has 1 aromatic rings. The van der Waals surface area contributed by atoms with Gasteiger partial charge in [0.15, 0.2) is 0 Å². The lowest BCUT2D eigenvalue weighted by Crippen LogP contribution is -2.37. The van der Waals surface area contributed by atoms with Crippen molar-refractivity contribution in [2.45, 2.75) is 25.2 Å². The van der Waals surface area contributed by atoms with Gasteiger partial charge in [-0.1, -0.05) is 18.2 Å². The van der Waals surface area contributed by atoms with Gasteiger partial charge in [0, 0.05) is 18.7 Å². The quantitative estimate of drug-likeness (QED) is 0.820. The van der Waals surface area contributed by atoms with E-state index in [0.29, 0.717) is 12.0 Å². The number of ether oxygens (including phenoxy) is 1. The first-order chi connectivity index (χ1) is 7.81. The molecule has 2 N–H and O–H groups in total. The van der Waals surface area contributed by atoms with Crippen LogP contribution in [0.25, 0.3) is 0 Å². The summed E-state index contributed by atoms with van der Waals surface area (Å²) in [6.07, 6.45) is 1.07. The first kappa shape index (κ1) is 11.5. The van der Waals surface area contributed by atoms with Crippen LogP contribution in [-0.2, 0) is 4.74 Å². The van der Waals surface area contributed by atoms with Crippen LogP contribution in [0.2, 0.25) is 0 Å². The van der Waals surface area contributed by atoms with Gasteiger partial charge < -0.3 is 9.84 Å². The van der Waals surface area contributed by atoms with Crippen molar-refractivity contribution < 1.29 is 14.2 Å². The average Bonchev–Trinajstić information content (AvgIpc) is 2.30. The van der Waals surface area contributed by atoms with Gasteiger partial charge in [0.2, 0.25) is 0 Å². The summed E-state index contributed by atoms with van der Waals surface area (Å²) in [5.74, 6) is -0.260. The SMILES string of the molecule is OCCC1CCNC(c2ccccc2F)O1. The van der Waals surface area contributed by atoms with E-state index in [4.69, 9.17) is 9.84 Å². The van der Waals surface area contributed by atoms with Crippen LogP contribution in [0.3, 0.4) is 0 Å². The predicted octanol–water partition coefficient (Wildman–Crippen LogP) is 1.59. The van der Waals surface area contributed by atoms with E-state index >= 15 is 0 Å². The van der Waals surface area contributed by atoms with Gasteiger partial charge in [0.25, 0.3) is 0 Å². The molecule has 0 amide bonds. The Morgan fingerprint density at radius 3 is 3.00 bits per heavy atom. The minimum Gasteiger partial charge on any atom is -0.396 e. The Morgan fingerprint density at radius 1 is 1.44 bits per heavy atom. The average molecular weight is 225 g/mol. The Balaban J connectivity index is 2.07. The number of hydrogen-bond donors (Lipinski definition) is 2. The molecule has 0 saturated carbocycles. The Kier molecular flexibility index (Phi) is 3.88. The number of benzene rings is 1. The third-order valence-electron chi connectivity index (χ3n) is 2.76. The summed E-state index contributed by atoms with van der Waals surface area (Å²) in [7, 11) is 0. The molecule has 1 heterocycles. The molecule has 88 valence electrons. The Bertz CT molecular complexity index is 344. The van der Waals surface area contributed by atoms with Gasteiger partial charge >= 0.3 is 0 Å². The van der Waals surface area contributed by atoms with Crippen LogP contribution in [0.5, 0.6) is 0 Å². The summed E-state index contributed by atoms with van der Waals surface area (Å²) in [4.78, 5) is 0. The number of nitrogens with one attached hydrogen (secondary N) is 1. The molecule has 1 fully saturated rings. The van der Waals surface area contributed by atoms with Gasteiger partial charge in [-0.3, -0.25) is 5.32 Å². The molecule has 3 nitrogen and oxygen atoms in total. The highest BCUT2D eigenvalue weighted by atomic mass is 19.1. The number of halogens is 1. The van der Waals surface area contributed by atoms with Gasteiger partial charge in [-0.2, -0.15) is 0 Å². The number of hydrogen-bond acceptors (Lipinski definition) is 3. The molecule has 0 bridgehead atoms. The fraction of sp³-hybridized carbons (Fsp3) is 0.500. The molecule has 2 atom stereocenters. The maximum atomic E-state index is 13.5. The largest absolute Gasteiger partial charge is 0.396 e. The van der Waals surface area contributed by atoms with Crippen molar-refractivity contribution in [3.8, 4) is 0 Å². The van der Waals surface area contributed by atoms with E-state index in [1.165, 1.54) is 6.07 Å². The van der Waals surface area contributed by atoms with Crippen molar-refractivity contribution in [1.82, 2.24) is 5.32 Å². The first-order valence-electron chi connectivity index (χ1n) is 5.55. The maximum absolute atomic E-state index is 13.5. The zero-order valence-electron chi connectivity index (χ0n) is 9.03. The fourth-order valence-electron chi connectivity index (χ4n) is 1.91. The zero-order valence-corrected chi connectivity index (χ0v) is 9.03. The number of aliphatic hydroxyl groups is 1. The summed E-state index contributed by atoms with van der Waals surface area (Å²) >= 11 is 0. The normalized spacial score (nSPS) is 25.6. The lowest BCUT2D eigenvalue weighted by molar-refractivity contribution is -0.0725. The molecule has 2 rings (SSSR count). The molecule has 0 spiro atoms. The summed E-state index contributed by atoms with van der Waals surface area (Å²) in [6, 6.07) is 6.59. The minimum absolute atomic E-state index is 0.0101. The van der Waals surface area contributed by atoms with E-state index in [0.717, 1.165) is 13.0 Å². The van der Waals surface area contributed by atoms with E-state index in [1.807, 2.05) is 0 Å². The van der Waals surface area contributed by atoms with Gasteiger partial charge in [-0.05, 0) is 18.9 Å². The molecule has 2 unspecified atom stereocenters. The lowest BCUT2D eigenvalue weighted by Gasteiger charge is -2.31. The standard InChI is InChI=1S/C12H16FNO2/c13-11-4-2-1-3-10(11)12-14-7-5-9(16-12)6-8-15/h1-4,9,12,14-15H,5-8H2. The van der Waals surface area contributed by atoms with Crippen molar-refractivity contribution in [1.29, 1.82) is 0 Å². The van der Waals surface area contributed by atoms with E-state index in [2.05, 4.69) is 5.32 Å². The second kappa shape index (κ2) is 5.39. The Labute approximate surface area is 94.2 Å². The third-order valence-corrected chi connectivity index (χ3v) is 2.76. The van der Waals surface area contributed by atoms with Crippen molar-refractivity contribution in [2.75, 3.05) is 13.2 Å². The van der Waals surface area contributed by atoms with Crippen molar-refractivity contribution in [2.24, 2.45) is 0 Å². The molecule has 0 aliphatic carbocycles. The van der Waals surface area contributed by atoms with Crippen LogP contribution in [0.15, 0.2) is 24.3 Å². The fourth-order valence-corrected chi connectivity index (χ4v) is 1.91. The highest BCUT2D eigenvalue weighted by Crippen LogP contribution is 2.24. The van der Waals surface area contributed by atoms with E-state index in [9.17, 15) is 4.39 Å². The molecule has 1 aromatic carbocycles. The van der Waals surface area contributed by atoms with E-state index in [-0.39, 0.29) is 18.5 Å². The number of aliphatic hydroxyl groups excluding tert-OH is 1. The summed E-state index contributed by atoms with van der Waals surface area (Å²) in [6.45, 7) is 0.887. The molecule has 1 aliphatic rings. The Morgan fingerprint density at radius 2 is 2.25 bits per heavy atom. The predicted molar refractivity (Wildman–Crippen MR) is 58.3 cm³/mol. The van der Waals surface area contributed by atoms with Crippen LogP contribution in [0.4, 0.5) is 4.39 Å². The van der Waals surface area contributed by atoms with Crippen LogP contribution in [0, 0.1) is 5.82 Å². The van der Waals surface area contributed by atoms with Crippen molar-refractivity contribution in [3.63, 3.8) is 0 Å². The molecule has 1 saturated heterocycles. The van der Waals surface area contributed by atoms with Crippen LogP contribution >= 0.6 is 0 Å². The molecule has 0 radical (unpaired) electrons. The monoisotopic (exact) mass is 225 g/mol. The Hall–Kier alpha value is -0.970. The summed E-state index contributed by atoms with van der Waals surface area (Å²) in [5, 5.41) is 12.0. The molecule has 16 heavy (non-hydrogen) atoms. The number of rotatable bonds is 3. The van der Waals surface area contributed by atoms with Gasteiger partial charge in [0.05, 0.1) is 6.10 Å². The van der Waals surface area contributed by atoms with E-state index in [1.54, 1.807) is 18.2 Å². The van der Waals surface area contributed by atoms with Crippen LogP contribution in [0.1, 0.15) is 24.6 Å². The summed E-state index contributed by atoms with van der Waals surface area (Å²) < 4.78 is 19.2. The molecular weight excluding hydrogens is 209 g/mol. The van der Waals surface area contributed by atoms with E-state index < -0.39 is 6.23 Å². The third kappa shape index (κ3) is 2.58. The molecular formula is C12H16FNO2. The van der Waals surface area contributed by atoms with Crippen LogP contribution < -0.4 is 5.32 Å². The highest BCUT2D eigenvalue weighted by Gasteiger charge is 2.24. The molecule has 4 heteroatoms. The van der Waals surface area contributed by atoms with Crippen molar-refractivity contribution >= 4 is 0 Å².